The van der Waals surface area contributed by atoms with Crippen LogP contribution in [-0.4, -0.2) is 21.5 Å². The first-order chi connectivity index (χ1) is 11.8. The summed E-state index contributed by atoms with van der Waals surface area (Å²) >= 11 is 0. The third kappa shape index (κ3) is 3.81. The number of pyridine rings is 1. The van der Waals surface area contributed by atoms with Crippen LogP contribution in [0.25, 0.3) is 11.0 Å². The Hall–Kier alpha value is -2.84. The predicted octanol–water partition coefficient (Wildman–Crippen LogP) is 3.98. The second kappa shape index (κ2) is 6.58. The van der Waals surface area contributed by atoms with Gasteiger partial charge in [0.05, 0.1) is 17.1 Å². The van der Waals surface area contributed by atoms with Gasteiger partial charge in [-0.15, -0.1) is 0 Å². The highest BCUT2D eigenvalue weighted by Gasteiger charge is 2.31. The average molecular weight is 354 g/mol. The van der Waals surface area contributed by atoms with Crippen molar-refractivity contribution in [2.45, 2.75) is 12.6 Å². The highest BCUT2D eigenvalue weighted by molar-refractivity contribution is 5.85. The van der Waals surface area contributed by atoms with Crippen LogP contribution >= 0.6 is 0 Å². The summed E-state index contributed by atoms with van der Waals surface area (Å²) in [5, 5.41) is 3.25. The van der Waals surface area contributed by atoms with E-state index >= 15 is 0 Å². The van der Waals surface area contributed by atoms with Gasteiger partial charge in [-0.05, 0) is 30.2 Å². The average Bonchev–Trinajstić information content (AvgIpc) is 2.55. The van der Waals surface area contributed by atoms with Crippen LogP contribution in [0.3, 0.4) is 0 Å². The third-order valence-electron chi connectivity index (χ3n) is 3.52. The number of aromatic nitrogens is 3. The summed E-state index contributed by atoms with van der Waals surface area (Å²) in [6, 6.07) is 3.61. The van der Waals surface area contributed by atoms with E-state index in [1.165, 1.54) is 12.4 Å². The SMILES string of the molecule is Fc1cnc2ncnc(NCCc3ccc(C(F)(F)F)cc3F)c2c1. The Morgan fingerprint density at radius 2 is 1.80 bits per heavy atom. The molecule has 4 nitrogen and oxygen atoms in total. The molecule has 1 aromatic carbocycles. The van der Waals surface area contributed by atoms with Gasteiger partial charge in [-0.3, -0.25) is 0 Å². The molecule has 130 valence electrons. The van der Waals surface area contributed by atoms with Crippen LogP contribution in [0.4, 0.5) is 27.8 Å². The number of hydrogen-bond donors (Lipinski definition) is 1. The summed E-state index contributed by atoms with van der Waals surface area (Å²) < 4.78 is 64.7. The highest BCUT2D eigenvalue weighted by atomic mass is 19.4. The van der Waals surface area contributed by atoms with Gasteiger partial charge in [0.25, 0.3) is 0 Å². The molecule has 0 aliphatic heterocycles. The number of alkyl halides is 3. The molecule has 0 aliphatic carbocycles. The van der Waals surface area contributed by atoms with Crippen molar-refractivity contribution < 1.29 is 22.0 Å². The Morgan fingerprint density at radius 3 is 2.52 bits per heavy atom. The summed E-state index contributed by atoms with van der Waals surface area (Å²) in [4.78, 5) is 11.7. The smallest absolute Gasteiger partial charge is 0.369 e. The van der Waals surface area contributed by atoms with Crippen LogP contribution in [0.1, 0.15) is 11.1 Å². The molecule has 0 amide bonds. The van der Waals surface area contributed by atoms with Crippen molar-refractivity contribution in [3.63, 3.8) is 0 Å². The topological polar surface area (TPSA) is 50.7 Å². The lowest BCUT2D eigenvalue weighted by Gasteiger charge is -2.10. The summed E-state index contributed by atoms with van der Waals surface area (Å²) in [5.41, 5.74) is -0.618. The molecule has 9 heteroatoms. The molecule has 0 saturated heterocycles. The van der Waals surface area contributed by atoms with Gasteiger partial charge in [0.15, 0.2) is 5.65 Å². The van der Waals surface area contributed by atoms with E-state index < -0.39 is 23.4 Å². The number of halogens is 5. The second-order valence-electron chi connectivity index (χ2n) is 5.23. The zero-order chi connectivity index (χ0) is 18.0. The molecule has 0 spiro atoms. The third-order valence-corrected chi connectivity index (χ3v) is 3.52. The number of benzene rings is 1. The van der Waals surface area contributed by atoms with Crippen molar-refractivity contribution in [2.24, 2.45) is 0 Å². The Labute approximate surface area is 138 Å². The molecule has 2 heterocycles. The van der Waals surface area contributed by atoms with E-state index in [2.05, 4.69) is 20.3 Å². The van der Waals surface area contributed by atoms with Gasteiger partial charge in [0.1, 0.15) is 23.8 Å². The van der Waals surface area contributed by atoms with Crippen molar-refractivity contribution in [3.05, 3.63) is 59.6 Å². The monoisotopic (exact) mass is 354 g/mol. The molecule has 0 fully saturated rings. The minimum absolute atomic E-state index is 0.123. The summed E-state index contributed by atoms with van der Waals surface area (Å²) in [7, 11) is 0. The normalized spacial score (nSPS) is 11.7. The van der Waals surface area contributed by atoms with Crippen molar-refractivity contribution in [1.82, 2.24) is 15.0 Å². The molecule has 0 atom stereocenters. The van der Waals surface area contributed by atoms with Gasteiger partial charge < -0.3 is 5.32 Å². The van der Waals surface area contributed by atoms with Crippen molar-refractivity contribution >= 4 is 16.9 Å². The van der Waals surface area contributed by atoms with Crippen molar-refractivity contribution in [2.75, 3.05) is 11.9 Å². The minimum atomic E-state index is -4.59. The van der Waals surface area contributed by atoms with Gasteiger partial charge >= 0.3 is 6.18 Å². The summed E-state index contributed by atoms with van der Waals surface area (Å²) in [5.74, 6) is -1.18. The van der Waals surface area contributed by atoms with E-state index in [0.717, 1.165) is 18.3 Å². The van der Waals surface area contributed by atoms with Gasteiger partial charge in [0, 0.05) is 6.54 Å². The van der Waals surface area contributed by atoms with Crippen LogP contribution in [0, 0.1) is 11.6 Å². The van der Waals surface area contributed by atoms with Crippen LogP contribution in [0.5, 0.6) is 0 Å². The van der Waals surface area contributed by atoms with Crippen LogP contribution < -0.4 is 5.32 Å². The maximum absolute atomic E-state index is 13.8. The van der Waals surface area contributed by atoms with E-state index in [4.69, 9.17) is 0 Å². The zero-order valence-corrected chi connectivity index (χ0v) is 12.6. The standard InChI is InChI=1S/C16H11F5N4/c17-11-6-12-14(24-8-25-15(12)23-7-11)22-4-3-9-1-2-10(5-13(9)18)16(19,20)21/h1-2,5-8H,3-4H2,(H,22,23,24,25). The maximum atomic E-state index is 13.8. The van der Waals surface area contributed by atoms with Gasteiger partial charge in [-0.2, -0.15) is 13.2 Å². The second-order valence-corrected chi connectivity index (χ2v) is 5.23. The first-order valence-corrected chi connectivity index (χ1v) is 7.20. The Morgan fingerprint density at radius 1 is 1.00 bits per heavy atom. The van der Waals surface area contributed by atoms with Crippen LogP contribution in [-0.2, 0) is 12.6 Å². The van der Waals surface area contributed by atoms with E-state index in [1.807, 2.05) is 0 Å². The maximum Gasteiger partial charge on any atom is 0.416 e. The van der Waals surface area contributed by atoms with E-state index in [0.29, 0.717) is 22.9 Å². The molecule has 0 radical (unpaired) electrons. The predicted molar refractivity (Wildman–Crippen MR) is 80.9 cm³/mol. The molecular formula is C16H11F5N4. The van der Waals surface area contributed by atoms with E-state index in [1.54, 1.807) is 0 Å². The molecular weight excluding hydrogens is 343 g/mol. The molecule has 0 aliphatic rings. The number of hydrogen-bond acceptors (Lipinski definition) is 4. The minimum Gasteiger partial charge on any atom is -0.369 e. The highest BCUT2D eigenvalue weighted by Crippen LogP contribution is 2.30. The summed E-state index contributed by atoms with van der Waals surface area (Å²) in [6.07, 6.45) is -2.20. The molecule has 3 aromatic rings. The van der Waals surface area contributed by atoms with E-state index in [9.17, 15) is 22.0 Å². The molecule has 1 N–H and O–H groups in total. The number of nitrogens with zero attached hydrogens (tertiary/aromatic N) is 3. The molecule has 0 unspecified atom stereocenters. The number of nitrogens with one attached hydrogen (secondary N) is 1. The first kappa shape index (κ1) is 17.0. The molecule has 2 aromatic heterocycles. The van der Waals surface area contributed by atoms with Gasteiger partial charge in [0.2, 0.25) is 0 Å². The van der Waals surface area contributed by atoms with Crippen molar-refractivity contribution in [3.8, 4) is 0 Å². The zero-order valence-electron chi connectivity index (χ0n) is 12.6. The number of anilines is 1. The number of fused-ring (bicyclic) bond motifs is 1. The van der Waals surface area contributed by atoms with Gasteiger partial charge in [-0.1, -0.05) is 6.07 Å². The fourth-order valence-electron chi connectivity index (χ4n) is 2.30. The lowest BCUT2D eigenvalue weighted by molar-refractivity contribution is -0.137. The summed E-state index contributed by atoms with van der Waals surface area (Å²) in [6.45, 7) is 0.185. The van der Waals surface area contributed by atoms with Crippen molar-refractivity contribution in [1.29, 1.82) is 0 Å². The largest absolute Gasteiger partial charge is 0.416 e. The lowest BCUT2D eigenvalue weighted by Crippen LogP contribution is -2.10. The van der Waals surface area contributed by atoms with E-state index in [-0.39, 0.29) is 18.5 Å². The molecule has 3 rings (SSSR count). The molecule has 25 heavy (non-hydrogen) atoms. The van der Waals surface area contributed by atoms with Crippen LogP contribution in [0.15, 0.2) is 36.8 Å². The first-order valence-electron chi connectivity index (χ1n) is 7.20. The number of rotatable bonds is 4. The quantitative estimate of drug-likeness (QED) is 0.720. The Bertz CT molecular complexity index is 911. The molecule has 0 saturated carbocycles. The van der Waals surface area contributed by atoms with Crippen LogP contribution in [0.2, 0.25) is 0 Å². The lowest BCUT2D eigenvalue weighted by atomic mass is 10.1. The Balaban J connectivity index is 1.72. The fourth-order valence-corrected chi connectivity index (χ4v) is 2.30. The van der Waals surface area contributed by atoms with Gasteiger partial charge in [-0.25, -0.2) is 23.7 Å². The Kier molecular flexibility index (Phi) is 4.47. The molecule has 0 bridgehead atoms. The fraction of sp³-hybridized carbons (Fsp3) is 0.188.